The van der Waals surface area contributed by atoms with Crippen molar-refractivity contribution < 1.29 is 0 Å². The lowest BCUT2D eigenvalue weighted by Crippen LogP contribution is -2.38. The maximum atomic E-state index is 4.54. The zero-order chi connectivity index (χ0) is 12.7. The number of hydrogen-bond acceptors (Lipinski definition) is 3. The van der Waals surface area contributed by atoms with Gasteiger partial charge in [-0.25, -0.2) is 4.98 Å². The topological polar surface area (TPSA) is 40.5 Å². The van der Waals surface area contributed by atoms with E-state index in [-0.39, 0.29) is 0 Å². The van der Waals surface area contributed by atoms with E-state index in [0.717, 1.165) is 42.7 Å². The molecule has 1 N–H and O–H groups in total. The van der Waals surface area contributed by atoms with Crippen molar-refractivity contribution in [3.63, 3.8) is 0 Å². The van der Waals surface area contributed by atoms with Crippen LogP contribution in [0.5, 0.6) is 0 Å². The maximum absolute atomic E-state index is 4.54. The molecule has 0 saturated heterocycles. The number of nitrogens with one attached hydrogen (secondary N) is 1. The molecule has 0 aliphatic rings. The van der Waals surface area contributed by atoms with Crippen molar-refractivity contribution in [1.29, 1.82) is 0 Å². The van der Waals surface area contributed by atoms with E-state index in [2.05, 4.69) is 39.4 Å². The number of hydrogen-bond donors (Lipinski definition) is 1. The molecule has 0 bridgehead atoms. The second kappa shape index (κ2) is 7.27. The predicted molar refractivity (Wildman–Crippen MR) is 74.6 cm³/mol. The van der Waals surface area contributed by atoms with Crippen LogP contribution in [0.1, 0.15) is 31.0 Å². The van der Waals surface area contributed by atoms with Gasteiger partial charge in [-0.15, -0.1) is 11.3 Å². The number of aromatic nitrogens is 1. The summed E-state index contributed by atoms with van der Waals surface area (Å²) in [6, 6.07) is 0. The molecule has 1 aromatic heterocycles. The number of nitrogens with zero attached hydrogens (tertiary/aromatic N) is 3. The fraction of sp³-hybridized carbons (Fsp3) is 0.667. The van der Waals surface area contributed by atoms with Gasteiger partial charge in [0, 0.05) is 25.5 Å². The summed E-state index contributed by atoms with van der Waals surface area (Å²) in [6.45, 7) is 8.81. The zero-order valence-electron chi connectivity index (χ0n) is 11.2. The number of aliphatic imine (C=N–C) groups is 1. The third-order valence-corrected chi connectivity index (χ3v) is 3.07. The zero-order valence-corrected chi connectivity index (χ0v) is 12.0. The standard InChI is InChI=1S/C12H22N4S/c1-5-7-14-12(13-6-2)16(4)8-11-9-17-10(3)15-11/h9H,5-8H2,1-4H3,(H,13,14). The normalized spacial score (nSPS) is 11.6. The van der Waals surface area contributed by atoms with Crippen LogP contribution in [-0.2, 0) is 6.54 Å². The number of guanidine groups is 1. The van der Waals surface area contributed by atoms with Crippen molar-refractivity contribution in [1.82, 2.24) is 15.2 Å². The lowest BCUT2D eigenvalue weighted by Gasteiger charge is -2.21. The Kier molecular flexibility index (Phi) is 5.97. The summed E-state index contributed by atoms with van der Waals surface area (Å²) >= 11 is 1.69. The second-order valence-electron chi connectivity index (χ2n) is 3.95. The van der Waals surface area contributed by atoms with Gasteiger partial charge in [-0.2, -0.15) is 0 Å². The minimum atomic E-state index is 0.805. The maximum Gasteiger partial charge on any atom is 0.194 e. The van der Waals surface area contributed by atoms with Gasteiger partial charge in [0.05, 0.1) is 17.2 Å². The Labute approximate surface area is 108 Å². The van der Waals surface area contributed by atoms with Crippen LogP contribution in [0.15, 0.2) is 10.4 Å². The van der Waals surface area contributed by atoms with Crippen molar-refractivity contribution in [2.45, 2.75) is 33.7 Å². The van der Waals surface area contributed by atoms with Crippen molar-refractivity contribution >= 4 is 17.3 Å². The van der Waals surface area contributed by atoms with Gasteiger partial charge in [0.1, 0.15) is 0 Å². The average molecular weight is 254 g/mol. The van der Waals surface area contributed by atoms with Gasteiger partial charge in [0.25, 0.3) is 0 Å². The molecule has 5 heteroatoms. The minimum Gasteiger partial charge on any atom is -0.357 e. The molecule has 1 aromatic rings. The Balaban J connectivity index is 2.61. The fourth-order valence-electron chi connectivity index (χ4n) is 1.49. The fourth-order valence-corrected chi connectivity index (χ4v) is 2.09. The lowest BCUT2D eigenvalue weighted by molar-refractivity contribution is 0.471. The molecule has 0 saturated carbocycles. The molecule has 0 amide bonds. The molecule has 0 fully saturated rings. The summed E-state index contributed by atoms with van der Waals surface area (Å²) in [4.78, 5) is 11.1. The first-order valence-corrected chi connectivity index (χ1v) is 6.95. The Morgan fingerprint density at radius 3 is 2.82 bits per heavy atom. The monoisotopic (exact) mass is 254 g/mol. The van der Waals surface area contributed by atoms with Crippen LogP contribution in [0.2, 0.25) is 0 Å². The molecule has 0 atom stereocenters. The highest BCUT2D eigenvalue weighted by molar-refractivity contribution is 7.09. The molecule has 0 radical (unpaired) electrons. The van der Waals surface area contributed by atoms with Gasteiger partial charge in [-0.3, -0.25) is 4.99 Å². The van der Waals surface area contributed by atoms with Crippen molar-refractivity contribution in [3.05, 3.63) is 16.1 Å². The van der Waals surface area contributed by atoms with Crippen LogP contribution >= 0.6 is 11.3 Å². The van der Waals surface area contributed by atoms with E-state index in [4.69, 9.17) is 0 Å². The molecule has 1 rings (SSSR count). The molecule has 96 valence electrons. The first kappa shape index (κ1) is 14.0. The van der Waals surface area contributed by atoms with E-state index >= 15 is 0 Å². The Hall–Kier alpha value is -1.10. The van der Waals surface area contributed by atoms with E-state index in [9.17, 15) is 0 Å². The van der Waals surface area contributed by atoms with Crippen LogP contribution in [0.3, 0.4) is 0 Å². The molecule has 0 aliphatic heterocycles. The average Bonchev–Trinajstić information content (AvgIpc) is 2.70. The van der Waals surface area contributed by atoms with Crippen LogP contribution in [0.4, 0.5) is 0 Å². The van der Waals surface area contributed by atoms with E-state index < -0.39 is 0 Å². The van der Waals surface area contributed by atoms with Gasteiger partial charge in [0.2, 0.25) is 0 Å². The van der Waals surface area contributed by atoms with E-state index in [1.54, 1.807) is 11.3 Å². The van der Waals surface area contributed by atoms with Gasteiger partial charge < -0.3 is 10.2 Å². The third-order valence-electron chi connectivity index (χ3n) is 2.25. The highest BCUT2D eigenvalue weighted by Gasteiger charge is 2.07. The van der Waals surface area contributed by atoms with Crippen LogP contribution < -0.4 is 5.32 Å². The number of thiazole rings is 1. The number of aryl methyl sites for hydroxylation is 1. The molecule has 17 heavy (non-hydrogen) atoms. The lowest BCUT2D eigenvalue weighted by atomic mass is 10.4. The minimum absolute atomic E-state index is 0.805. The van der Waals surface area contributed by atoms with Crippen molar-refractivity contribution in [2.75, 3.05) is 20.1 Å². The molecular formula is C12H22N4S. The van der Waals surface area contributed by atoms with Gasteiger partial charge in [0.15, 0.2) is 5.96 Å². The van der Waals surface area contributed by atoms with Gasteiger partial charge in [-0.1, -0.05) is 6.92 Å². The van der Waals surface area contributed by atoms with Crippen LogP contribution in [-0.4, -0.2) is 36.0 Å². The van der Waals surface area contributed by atoms with E-state index in [0.29, 0.717) is 0 Å². The SMILES string of the molecule is CCCN=C(NCC)N(C)Cc1csc(C)n1. The molecule has 0 spiro atoms. The highest BCUT2D eigenvalue weighted by atomic mass is 32.1. The predicted octanol–water partition coefficient (Wildman–Crippen LogP) is 2.26. The highest BCUT2D eigenvalue weighted by Crippen LogP contribution is 2.09. The molecule has 1 heterocycles. The van der Waals surface area contributed by atoms with E-state index in [1.807, 2.05) is 14.0 Å². The molecular weight excluding hydrogens is 232 g/mol. The first-order chi connectivity index (χ1) is 8.17. The summed E-state index contributed by atoms with van der Waals surface area (Å²) in [5, 5.41) is 6.52. The molecule has 4 nitrogen and oxygen atoms in total. The largest absolute Gasteiger partial charge is 0.357 e. The Morgan fingerprint density at radius 2 is 2.29 bits per heavy atom. The molecule has 0 unspecified atom stereocenters. The van der Waals surface area contributed by atoms with Gasteiger partial charge in [-0.05, 0) is 20.3 Å². The first-order valence-electron chi connectivity index (χ1n) is 6.07. The number of rotatable bonds is 5. The molecule has 0 aliphatic carbocycles. The Morgan fingerprint density at radius 1 is 1.53 bits per heavy atom. The quantitative estimate of drug-likeness (QED) is 0.647. The van der Waals surface area contributed by atoms with Crippen molar-refractivity contribution in [2.24, 2.45) is 4.99 Å². The summed E-state index contributed by atoms with van der Waals surface area (Å²) in [5.74, 6) is 0.958. The smallest absolute Gasteiger partial charge is 0.194 e. The Bertz CT molecular complexity index is 359. The second-order valence-corrected chi connectivity index (χ2v) is 5.01. The summed E-state index contributed by atoms with van der Waals surface area (Å²) in [7, 11) is 2.05. The van der Waals surface area contributed by atoms with Crippen LogP contribution in [0, 0.1) is 6.92 Å². The van der Waals surface area contributed by atoms with Gasteiger partial charge >= 0.3 is 0 Å². The molecule has 0 aromatic carbocycles. The van der Waals surface area contributed by atoms with E-state index in [1.165, 1.54) is 0 Å². The summed E-state index contributed by atoms with van der Waals surface area (Å²) < 4.78 is 0. The van der Waals surface area contributed by atoms with Crippen molar-refractivity contribution in [3.8, 4) is 0 Å². The third kappa shape index (κ3) is 4.73. The summed E-state index contributed by atoms with van der Waals surface area (Å²) in [5.41, 5.74) is 1.11. The summed E-state index contributed by atoms with van der Waals surface area (Å²) in [6.07, 6.45) is 1.07. The van der Waals surface area contributed by atoms with Crippen LogP contribution in [0.25, 0.3) is 0 Å².